The summed E-state index contributed by atoms with van der Waals surface area (Å²) >= 11 is 1.58. The Kier molecular flexibility index (Phi) is 4.02. The lowest BCUT2D eigenvalue weighted by atomic mass is 9.90. The molecule has 0 saturated carbocycles. The average molecular weight is 342 g/mol. The molecule has 5 nitrogen and oxygen atoms in total. The molecule has 2 atom stereocenters. The van der Waals surface area contributed by atoms with E-state index < -0.39 is 0 Å². The van der Waals surface area contributed by atoms with Crippen LogP contribution in [0.1, 0.15) is 35.3 Å². The predicted octanol–water partition coefficient (Wildman–Crippen LogP) is 3.16. The van der Waals surface area contributed by atoms with Crippen LogP contribution in [-0.2, 0) is 0 Å². The second-order valence-corrected chi connectivity index (χ2v) is 7.72. The van der Waals surface area contributed by atoms with Crippen LogP contribution < -0.4 is 10.6 Å². The van der Waals surface area contributed by atoms with E-state index in [0.717, 1.165) is 42.4 Å². The zero-order valence-corrected chi connectivity index (χ0v) is 14.7. The summed E-state index contributed by atoms with van der Waals surface area (Å²) in [5, 5.41) is 9.45. The fourth-order valence-electron chi connectivity index (χ4n) is 3.71. The molecule has 1 amide bonds. The molecular weight excluding hydrogens is 320 g/mol. The first-order chi connectivity index (χ1) is 11.6. The highest BCUT2D eigenvalue weighted by molar-refractivity contribution is 7.13. The number of aryl methyl sites for hydroxylation is 1. The maximum atomic E-state index is 12.6. The van der Waals surface area contributed by atoms with Crippen LogP contribution in [-0.4, -0.2) is 41.0 Å². The maximum absolute atomic E-state index is 12.6. The van der Waals surface area contributed by atoms with Crippen molar-refractivity contribution in [2.75, 3.05) is 25.0 Å². The Morgan fingerprint density at radius 3 is 2.83 bits per heavy atom. The van der Waals surface area contributed by atoms with Crippen LogP contribution in [0.15, 0.2) is 29.6 Å². The van der Waals surface area contributed by atoms with Gasteiger partial charge in [-0.05, 0) is 57.0 Å². The SMILES string of the molecule is Cc1csc(Nc2ccc(C(=O)NC34CCCN(CC3)C4)cc2)n1. The van der Waals surface area contributed by atoms with Crippen molar-refractivity contribution in [3.8, 4) is 0 Å². The Labute approximate surface area is 146 Å². The number of anilines is 2. The van der Waals surface area contributed by atoms with Crippen LogP contribution in [0.4, 0.5) is 10.8 Å². The van der Waals surface area contributed by atoms with Crippen LogP contribution in [0.3, 0.4) is 0 Å². The Morgan fingerprint density at radius 1 is 1.25 bits per heavy atom. The minimum absolute atomic E-state index is 0.00926. The average Bonchev–Trinajstić information content (AvgIpc) is 3.11. The summed E-state index contributed by atoms with van der Waals surface area (Å²) in [5.74, 6) is 0.0374. The molecule has 1 aromatic heterocycles. The lowest BCUT2D eigenvalue weighted by Crippen LogP contribution is -2.52. The number of thiazole rings is 1. The fourth-order valence-corrected chi connectivity index (χ4v) is 4.42. The predicted molar refractivity (Wildman–Crippen MR) is 97.1 cm³/mol. The molecule has 3 heterocycles. The molecule has 2 unspecified atom stereocenters. The number of carbonyl (C=O) groups is 1. The van der Waals surface area contributed by atoms with Gasteiger partial charge in [0.25, 0.3) is 5.91 Å². The van der Waals surface area contributed by atoms with E-state index in [2.05, 4.69) is 20.5 Å². The van der Waals surface area contributed by atoms with Crippen LogP contribution in [0.5, 0.6) is 0 Å². The molecule has 0 radical (unpaired) electrons. The molecule has 2 aliphatic heterocycles. The molecule has 0 spiro atoms. The number of nitrogens with one attached hydrogen (secondary N) is 2. The molecule has 0 aliphatic carbocycles. The quantitative estimate of drug-likeness (QED) is 0.896. The minimum Gasteiger partial charge on any atom is -0.345 e. The van der Waals surface area contributed by atoms with Gasteiger partial charge >= 0.3 is 0 Å². The Balaban J connectivity index is 1.41. The number of hydrogen-bond donors (Lipinski definition) is 2. The number of benzene rings is 1. The number of aromatic nitrogens is 1. The van der Waals surface area contributed by atoms with Crippen molar-refractivity contribution in [1.29, 1.82) is 0 Å². The molecule has 2 bridgehead atoms. The number of amides is 1. The molecule has 2 aliphatic rings. The summed E-state index contributed by atoms with van der Waals surface area (Å²) in [7, 11) is 0. The molecule has 126 valence electrons. The Bertz CT molecular complexity index is 738. The number of piperidine rings is 1. The van der Waals surface area contributed by atoms with Gasteiger partial charge < -0.3 is 15.5 Å². The molecule has 24 heavy (non-hydrogen) atoms. The van der Waals surface area contributed by atoms with Crippen molar-refractivity contribution >= 4 is 28.1 Å². The first-order valence-corrected chi connectivity index (χ1v) is 9.34. The van der Waals surface area contributed by atoms with E-state index in [1.165, 1.54) is 13.0 Å². The number of fused-ring (bicyclic) bond motifs is 2. The van der Waals surface area contributed by atoms with Crippen molar-refractivity contribution < 1.29 is 4.79 Å². The first-order valence-electron chi connectivity index (χ1n) is 8.46. The molecule has 2 fully saturated rings. The fraction of sp³-hybridized carbons (Fsp3) is 0.444. The van der Waals surface area contributed by atoms with E-state index in [0.29, 0.717) is 5.56 Å². The van der Waals surface area contributed by atoms with Gasteiger partial charge in [-0.1, -0.05) is 0 Å². The van der Waals surface area contributed by atoms with Crippen LogP contribution in [0.2, 0.25) is 0 Å². The number of nitrogens with zero attached hydrogens (tertiary/aromatic N) is 2. The normalized spacial score (nSPS) is 25.5. The third-order valence-electron chi connectivity index (χ3n) is 4.96. The van der Waals surface area contributed by atoms with Gasteiger partial charge in [0.1, 0.15) is 0 Å². The summed E-state index contributed by atoms with van der Waals surface area (Å²) < 4.78 is 0. The smallest absolute Gasteiger partial charge is 0.251 e. The Hall–Kier alpha value is -1.92. The van der Waals surface area contributed by atoms with Gasteiger partial charge in [0.15, 0.2) is 5.13 Å². The molecule has 2 saturated heterocycles. The van der Waals surface area contributed by atoms with E-state index in [4.69, 9.17) is 0 Å². The molecule has 1 aromatic carbocycles. The summed E-state index contributed by atoms with van der Waals surface area (Å²) in [6.07, 6.45) is 3.34. The second kappa shape index (κ2) is 6.18. The van der Waals surface area contributed by atoms with E-state index in [1.54, 1.807) is 11.3 Å². The van der Waals surface area contributed by atoms with Crippen LogP contribution >= 0.6 is 11.3 Å². The van der Waals surface area contributed by atoms with Gasteiger partial charge in [-0.2, -0.15) is 0 Å². The van der Waals surface area contributed by atoms with Crippen molar-refractivity contribution in [1.82, 2.24) is 15.2 Å². The van der Waals surface area contributed by atoms with Crippen molar-refractivity contribution in [3.63, 3.8) is 0 Å². The maximum Gasteiger partial charge on any atom is 0.251 e. The lowest BCUT2D eigenvalue weighted by molar-refractivity contribution is 0.0877. The number of carbonyl (C=O) groups excluding carboxylic acids is 1. The highest BCUT2D eigenvalue weighted by Crippen LogP contribution is 2.31. The van der Waals surface area contributed by atoms with Gasteiger partial charge in [-0.15, -0.1) is 11.3 Å². The first kappa shape index (κ1) is 15.6. The molecule has 6 heteroatoms. The molecule has 2 aromatic rings. The summed E-state index contributed by atoms with van der Waals surface area (Å²) in [5.41, 5.74) is 2.67. The van der Waals surface area contributed by atoms with Gasteiger partial charge in [0.2, 0.25) is 0 Å². The van der Waals surface area contributed by atoms with E-state index in [-0.39, 0.29) is 11.4 Å². The van der Waals surface area contributed by atoms with E-state index in [9.17, 15) is 4.79 Å². The van der Waals surface area contributed by atoms with Crippen LogP contribution in [0, 0.1) is 6.92 Å². The molecule has 2 N–H and O–H groups in total. The highest BCUT2D eigenvalue weighted by Gasteiger charge is 2.41. The largest absolute Gasteiger partial charge is 0.345 e. The third-order valence-corrected chi connectivity index (χ3v) is 5.83. The van der Waals surface area contributed by atoms with Gasteiger partial charge in [-0.25, -0.2) is 4.98 Å². The van der Waals surface area contributed by atoms with Gasteiger partial charge in [-0.3, -0.25) is 4.79 Å². The molecule has 4 rings (SSSR count). The van der Waals surface area contributed by atoms with Gasteiger partial charge in [0, 0.05) is 29.7 Å². The van der Waals surface area contributed by atoms with Crippen molar-refractivity contribution in [3.05, 3.63) is 40.9 Å². The van der Waals surface area contributed by atoms with Crippen LogP contribution in [0.25, 0.3) is 0 Å². The summed E-state index contributed by atoms with van der Waals surface area (Å²) in [6.45, 7) is 5.26. The standard InChI is InChI=1S/C18H22N4OS/c1-13-11-24-17(19-13)20-15-5-3-14(4-6-15)16(23)21-18-7-2-9-22(12-18)10-8-18/h3-6,11H,2,7-10,12H2,1H3,(H,19,20)(H,21,23). The minimum atomic E-state index is -0.00926. The van der Waals surface area contributed by atoms with Crippen molar-refractivity contribution in [2.45, 2.75) is 31.7 Å². The summed E-state index contributed by atoms with van der Waals surface area (Å²) in [6, 6.07) is 7.63. The third kappa shape index (κ3) is 3.16. The summed E-state index contributed by atoms with van der Waals surface area (Å²) in [4.78, 5) is 19.4. The second-order valence-electron chi connectivity index (χ2n) is 6.86. The Morgan fingerprint density at radius 2 is 2.08 bits per heavy atom. The van der Waals surface area contributed by atoms with Gasteiger partial charge in [0.05, 0.1) is 11.2 Å². The lowest BCUT2D eigenvalue weighted by Gasteiger charge is -2.34. The number of hydrogen-bond acceptors (Lipinski definition) is 5. The molecular formula is C18H22N4OS. The van der Waals surface area contributed by atoms with E-state index >= 15 is 0 Å². The zero-order chi connectivity index (χ0) is 16.6. The monoisotopic (exact) mass is 342 g/mol. The zero-order valence-electron chi connectivity index (χ0n) is 13.8. The number of rotatable bonds is 4. The van der Waals surface area contributed by atoms with Crippen molar-refractivity contribution in [2.24, 2.45) is 0 Å². The highest BCUT2D eigenvalue weighted by atomic mass is 32.1. The van der Waals surface area contributed by atoms with E-state index in [1.807, 2.05) is 36.6 Å². The topological polar surface area (TPSA) is 57.3 Å².